The van der Waals surface area contributed by atoms with E-state index in [4.69, 9.17) is 0 Å². The van der Waals surface area contributed by atoms with Gasteiger partial charge in [-0.2, -0.15) is 0 Å². The van der Waals surface area contributed by atoms with Crippen LogP contribution in [0.25, 0.3) is 0 Å². The fourth-order valence-corrected chi connectivity index (χ4v) is 3.39. The maximum atomic E-state index is 10.6. The van der Waals surface area contributed by atoms with Crippen molar-refractivity contribution in [3.63, 3.8) is 0 Å². The van der Waals surface area contributed by atoms with Crippen LogP contribution in [0.5, 0.6) is 0 Å². The smallest absolute Gasteiger partial charge is 0.0869 e. The fraction of sp³-hybridized carbons (Fsp3) is 1.00. The van der Waals surface area contributed by atoms with Gasteiger partial charge in [-0.25, -0.2) is 0 Å². The molecule has 0 spiro atoms. The summed E-state index contributed by atoms with van der Waals surface area (Å²) in [5.41, 5.74) is -0.640. The zero-order valence-electron chi connectivity index (χ0n) is 13.0. The molecule has 2 N–H and O–H groups in total. The Morgan fingerprint density at radius 2 is 2.11 bits per heavy atom. The summed E-state index contributed by atoms with van der Waals surface area (Å²) in [6, 6.07) is 1.71. The van der Waals surface area contributed by atoms with Crippen molar-refractivity contribution in [1.29, 1.82) is 0 Å². The van der Waals surface area contributed by atoms with Crippen molar-refractivity contribution in [2.75, 3.05) is 32.7 Å². The molecule has 2 aliphatic heterocycles. The molecule has 0 aromatic rings. The number of nitrogens with zero attached hydrogens (tertiary/aromatic N) is 2. The van der Waals surface area contributed by atoms with E-state index in [1.807, 2.05) is 6.92 Å². The molecule has 4 heteroatoms. The Kier molecular flexibility index (Phi) is 4.88. The Balaban J connectivity index is 1.86. The minimum Gasteiger partial charge on any atom is -0.388 e. The van der Waals surface area contributed by atoms with Crippen LogP contribution in [-0.2, 0) is 0 Å². The van der Waals surface area contributed by atoms with Crippen LogP contribution in [0.4, 0.5) is 0 Å². The molecule has 19 heavy (non-hydrogen) atoms. The summed E-state index contributed by atoms with van der Waals surface area (Å²) in [7, 11) is 0. The molecule has 0 amide bonds. The Labute approximate surface area is 118 Å². The van der Waals surface area contributed by atoms with Crippen molar-refractivity contribution in [1.82, 2.24) is 15.1 Å². The Morgan fingerprint density at radius 3 is 2.79 bits per heavy atom. The van der Waals surface area contributed by atoms with Gasteiger partial charge in [0.25, 0.3) is 0 Å². The molecule has 0 aromatic heterocycles. The van der Waals surface area contributed by atoms with E-state index in [1.165, 1.54) is 25.9 Å². The summed E-state index contributed by atoms with van der Waals surface area (Å²) in [5, 5.41) is 13.9. The highest BCUT2D eigenvalue weighted by molar-refractivity contribution is 4.93. The van der Waals surface area contributed by atoms with E-state index in [-0.39, 0.29) is 0 Å². The van der Waals surface area contributed by atoms with Crippen LogP contribution in [0, 0.1) is 0 Å². The molecule has 2 rings (SSSR count). The van der Waals surface area contributed by atoms with Gasteiger partial charge in [0.1, 0.15) is 0 Å². The second-order valence-corrected chi connectivity index (χ2v) is 7.10. The van der Waals surface area contributed by atoms with E-state index in [1.54, 1.807) is 0 Å². The molecule has 2 fully saturated rings. The summed E-state index contributed by atoms with van der Waals surface area (Å²) in [5.74, 6) is 0. The third-order valence-electron chi connectivity index (χ3n) is 4.50. The first kappa shape index (κ1) is 15.2. The number of hydrogen-bond donors (Lipinski definition) is 2. The highest BCUT2D eigenvalue weighted by Crippen LogP contribution is 2.25. The molecule has 2 heterocycles. The molecule has 0 aliphatic carbocycles. The molecular formula is C15H31N3O. The lowest BCUT2D eigenvalue weighted by atomic mass is 10.0. The lowest BCUT2D eigenvalue weighted by molar-refractivity contribution is -0.0237. The molecule has 2 saturated heterocycles. The van der Waals surface area contributed by atoms with Gasteiger partial charge in [-0.1, -0.05) is 13.8 Å². The van der Waals surface area contributed by atoms with Crippen LogP contribution >= 0.6 is 0 Å². The van der Waals surface area contributed by atoms with Crippen LogP contribution in [-0.4, -0.2) is 71.4 Å². The minimum absolute atomic E-state index is 0.426. The highest BCUT2D eigenvalue weighted by Gasteiger charge is 2.36. The lowest BCUT2D eigenvalue weighted by Crippen LogP contribution is -2.59. The summed E-state index contributed by atoms with van der Waals surface area (Å²) >= 11 is 0. The predicted octanol–water partition coefficient (Wildman–Crippen LogP) is 0.904. The molecule has 0 aromatic carbocycles. The van der Waals surface area contributed by atoms with Gasteiger partial charge in [0.2, 0.25) is 0 Å². The van der Waals surface area contributed by atoms with Gasteiger partial charge in [0.15, 0.2) is 0 Å². The molecule has 3 atom stereocenters. The van der Waals surface area contributed by atoms with Crippen LogP contribution in [0.2, 0.25) is 0 Å². The fourth-order valence-electron chi connectivity index (χ4n) is 3.39. The molecular weight excluding hydrogens is 238 g/mol. The third-order valence-corrected chi connectivity index (χ3v) is 4.50. The van der Waals surface area contributed by atoms with Gasteiger partial charge < -0.3 is 10.4 Å². The van der Waals surface area contributed by atoms with E-state index < -0.39 is 5.60 Å². The molecule has 0 radical (unpaired) electrons. The van der Waals surface area contributed by atoms with Gasteiger partial charge in [-0.05, 0) is 33.2 Å². The van der Waals surface area contributed by atoms with Crippen LogP contribution < -0.4 is 5.32 Å². The third kappa shape index (κ3) is 4.15. The van der Waals surface area contributed by atoms with Crippen molar-refractivity contribution in [3.8, 4) is 0 Å². The number of rotatable bonds is 5. The van der Waals surface area contributed by atoms with E-state index >= 15 is 0 Å². The number of hydrogen-bond acceptors (Lipinski definition) is 4. The SMILES string of the molecule is CC(C)NCC(C)(O)CN1CC2CCCN2CC1C. The quantitative estimate of drug-likeness (QED) is 0.778. The molecule has 112 valence electrons. The van der Waals surface area contributed by atoms with Crippen molar-refractivity contribution >= 4 is 0 Å². The lowest BCUT2D eigenvalue weighted by Gasteiger charge is -2.44. The van der Waals surface area contributed by atoms with Gasteiger partial charge in [0, 0.05) is 44.3 Å². The average Bonchev–Trinajstić information content (AvgIpc) is 2.74. The van der Waals surface area contributed by atoms with Crippen molar-refractivity contribution in [2.24, 2.45) is 0 Å². The molecule has 0 bridgehead atoms. The maximum absolute atomic E-state index is 10.6. The number of aliphatic hydroxyl groups is 1. The van der Waals surface area contributed by atoms with E-state index in [0.717, 1.165) is 19.1 Å². The van der Waals surface area contributed by atoms with Gasteiger partial charge in [0.05, 0.1) is 5.60 Å². The standard InChI is InChI=1S/C15H31N3O/c1-12(2)16-10-15(4,19)11-18-9-14-6-5-7-17(14)8-13(18)3/h12-14,16,19H,5-11H2,1-4H3. The number of piperazine rings is 1. The Bertz CT molecular complexity index is 293. The maximum Gasteiger partial charge on any atom is 0.0869 e. The first-order valence-electron chi connectivity index (χ1n) is 7.81. The predicted molar refractivity (Wildman–Crippen MR) is 79.4 cm³/mol. The van der Waals surface area contributed by atoms with Crippen LogP contribution in [0.3, 0.4) is 0 Å². The highest BCUT2D eigenvalue weighted by atomic mass is 16.3. The zero-order chi connectivity index (χ0) is 14.0. The molecule has 3 unspecified atom stereocenters. The van der Waals surface area contributed by atoms with Gasteiger partial charge in [-0.3, -0.25) is 9.80 Å². The van der Waals surface area contributed by atoms with Crippen molar-refractivity contribution in [3.05, 3.63) is 0 Å². The summed E-state index contributed by atoms with van der Waals surface area (Å²) in [4.78, 5) is 5.11. The largest absolute Gasteiger partial charge is 0.388 e. The van der Waals surface area contributed by atoms with Gasteiger partial charge in [-0.15, -0.1) is 0 Å². The molecule has 2 aliphatic rings. The van der Waals surface area contributed by atoms with Crippen LogP contribution in [0.1, 0.15) is 40.5 Å². The number of fused-ring (bicyclic) bond motifs is 1. The Hall–Kier alpha value is -0.160. The summed E-state index contributed by atoms with van der Waals surface area (Å²) in [6.07, 6.45) is 2.67. The summed E-state index contributed by atoms with van der Waals surface area (Å²) < 4.78 is 0. The Morgan fingerprint density at radius 1 is 1.37 bits per heavy atom. The van der Waals surface area contributed by atoms with E-state index in [0.29, 0.717) is 18.6 Å². The molecule has 4 nitrogen and oxygen atoms in total. The van der Waals surface area contributed by atoms with Crippen molar-refractivity contribution < 1.29 is 5.11 Å². The topological polar surface area (TPSA) is 38.7 Å². The first-order valence-corrected chi connectivity index (χ1v) is 7.81. The number of β-amino-alcohol motifs (C(OH)–C–C–N with tert-alkyl or cyclic N) is 1. The second-order valence-electron chi connectivity index (χ2n) is 7.10. The molecule has 0 saturated carbocycles. The van der Waals surface area contributed by atoms with Gasteiger partial charge >= 0.3 is 0 Å². The first-order chi connectivity index (χ1) is 8.87. The monoisotopic (exact) mass is 269 g/mol. The van der Waals surface area contributed by atoms with Crippen molar-refractivity contribution in [2.45, 2.75) is 64.3 Å². The average molecular weight is 269 g/mol. The number of nitrogens with one attached hydrogen (secondary N) is 1. The zero-order valence-corrected chi connectivity index (χ0v) is 13.0. The van der Waals surface area contributed by atoms with Crippen LogP contribution in [0.15, 0.2) is 0 Å². The van der Waals surface area contributed by atoms with E-state index in [2.05, 4.69) is 35.9 Å². The normalized spacial score (nSPS) is 32.5. The minimum atomic E-state index is -0.640. The summed E-state index contributed by atoms with van der Waals surface area (Å²) in [6.45, 7) is 13.5. The second kappa shape index (κ2) is 6.08. The van der Waals surface area contributed by atoms with E-state index in [9.17, 15) is 5.11 Å².